The number of pyridine rings is 1. The van der Waals surface area contributed by atoms with Gasteiger partial charge in [-0.1, -0.05) is 24.3 Å². The Hall–Kier alpha value is -3.35. The van der Waals surface area contributed by atoms with Crippen molar-refractivity contribution in [2.24, 2.45) is 0 Å². The molecule has 154 valence electrons. The average Bonchev–Trinajstić information content (AvgIpc) is 3.28. The Morgan fingerprint density at radius 3 is 2.80 bits per heavy atom. The lowest BCUT2D eigenvalue weighted by Gasteiger charge is -2.21. The lowest BCUT2D eigenvalue weighted by Crippen LogP contribution is -2.34. The zero-order valence-corrected chi connectivity index (χ0v) is 16.8. The van der Waals surface area contributed by atoms with Gasteiger partial charge in [-0.15, -0.1) is 0 Å². The minimum atomic E-state index is -0.684. The number of benzene rings is 2. The van der Waals surface area contributed by atoms with Gasteiger partial charge in [0.1, 0.15) is 24.2 Å². The number of nitrogens with zero attached hydrogens (tertiary/aromatic N) is 1. The standard InChI is InChI=1S/C24H25N3O3/c1-29-19-7-4-6-17(14-19)24(22-8-2-3-12-25-22)27-15-18(28)16-30-23-10-5-9-21-20(23)11-13-26-21/h2-14,18,24,26-28H,15-16H2,1H3. The highest BCUT2D eigenvalue weighted by Crippen LogP contribution is 2.25. The van der Waals surface area contributed by atoms with E-state index in [1.165, 1.54) is 0 Å². The van der Waals surface area contributed by atoms with Crippen molar-refractivity contribution in [3.8, 4) is 11.5 Å². The van der Waals surface area contributed by atoms with E-state index in [1.807, 2.05) is 72.9 Å². The molecule has 2 unspecified atom stereocenters. The van der Waals surface area contributed by atoms with Crippen molar-refractivity contribution in [3.05, 3.63) is 90.4 Å². The van der Waals surface area contributed by atoms with Crippen LogP contribution in [0.15, 0.2) is 79.1 Å². The molecule has 4 rings (SSSR count). The fourth-order valence-electron chi connectivity index (χ4n) is 3.44. The molecule has 6 heteroatoms. The van der Waals surface area contributed by atoms with E-state index in [1.54, 1.807) is 13.3 Å². The van der Waals surface area contributed by atoms with Gasteiger partial charge in [0.2, 0.25) is 0 Å². The zero-order chi connectivity index (χ0) is 20.8. The molecule has 2 heterocycles. The second kappa shape index (κ2) is 9.43. The quantitative estimate of drug-likeness (QED) is 0.397. The molecule has 0 saturated heterocycles. The number of rotatable bonds is 9. The summed E-state index contributed by atoms with van der Waals surface area (Å²) in [6.45, 7) is 0.534. The molecule has 0 amide bonds. The molecule has 3 N–H and O–H groups in total. The van der Waals surface area contributed by atoms with E-state index in [9.17, 15) is 5.11 Å². The molecule has 6 nitrogen and oxygen atoms in total. The van der Waals surface area contributed by atoms with Gasteiger partial charge in [-0.2, -0.15) is 0 Å². The third-order valence-corrected chi connectivity index (χ3v) is 4.95. The van der Waals surface area contributed by atoms with Gasteiger partial charge in [-0.3, -0.25) is 4.98 Å². The number of methoxy groups -OCH3 is 1. The van der Waals surface area contributed by atoms with Crippen LogP contribution in [0.1, 0.15) is 17.3 Å². The van der Waals surface area contributed by atoms with Gasteiger partial charge in [0.05, 0.1) is 18.8 Å². The summed E-state index contributed by atoms with van der Waals surface area (Å²) < 4.78 is 11.2. The molecule has 0 spiro atoms. The Labute approximate surface area is 175 Å². The number of aliphatic hydroxyl groups excluding tert-OH is 1. The highest BCUT2D eigenvalue weighted by molar-refractivity contribution is 5.85. The largest absolute Gasteiger partial charge is 0.497 e. The van der Waals surface area contributed by atoms with Crippen molar-refractivity contribution in [1.82, 2.24) is 15.3 Å². The van der Waals surface area contributed by atoms with Crippen LogP contribution >= 0.6 is 0 Å². The molecule has 0 radical (unpaired) electrons. The highest BCUT2D eigenvalue weighted by Gasteiger charge is 2.18. The molecule has 2 atom stereocenters. The van der Waals surface area contributed by atoms with Gasteiger partial charge >= 0.3 is 0 Å². The third kappa shape index (κ3) is 4.62. The van der Waals surface area contributed by atoms with Gasteiger partial charge in [-0.25, -0.2) is 0 Å². The predicted octanol–water partition coefficient (Wildman–Crippen LogP) is 3.69. The number of aromatic amines is 1. The second-order valence-electron chi connectivity index (χ2n) is 7.03. The van der Waals surface area contributed by atoms with Gasteiger partial charge < -0.3 is 24.9 Å². The molecule has 4 aromatic rings. The Morgan fingerprint density at radius 1 is 1.07 bits per heavy atom. The van der Waals surface area contributed by atoms with E-state index < -0.39 is 6.10 Å². The molecule has 2 aromatic heterocycles. The van der Waals surface area contributed by atoms with Crippen LogP contribution in [-0.2, 0) is 0 Å². The van der Waals surface area contributed by atoms with Crippen LogP contribution in [0, 0.1) is 0 Å². The molecule has 0 aliphatic rings. The molecular weight excluding hydrogens is 378 g/mol. The van der Waals surface area contributed by atoms with E-state index in [4.69, 9.17) is 9.47 Å². The number of hydrogen-bond acceptors (Lipinski definition) is 5. The number of hydrogen-bond donors (Lipinski definition) is 3. The lowest BCUT2D eigenvalue weighted by atomic mass is 10.0. The first-order chi connectivity index (χ1) is 14.7. The van der Waals surface area contributed by atoms with Crippen LogP contribution < -0.4 is 14.8 Å². The van der Waals surface area contributed by atoms with Crippen molar-refractivity contribution in [2.45, 2.75) is 12.1 Å². The monoisotopic (exact) mass is 403 g/mol. The maximum Gasteiger partial charge on any atom is 0.128 e. The fraction of sp³-hybridized carbons (Fsp3) is 0.208. The summed E-state index contributed by atoms with van der Waals surface area (Å²) in [5, 5.41) is 15.0. The molecule has 0 saturated carbocycles. The first kappa shape index (κ1) is 19.9. The van der Waals surface area contributed by atoms with Crippen molar-refractivity contribution in [3.63, 3.8) is 0 Å². The van der Waals surface area contributed by atoms with E-state index in [0.717, 1.165) is 33.7 Å². The number of H-pyrrole nitrogens is 1. The third-order valence-electron chi connectivity index (χ3n) is 4.95. The topological polar surface area (TPSA) is 79.4 Å². The van der Waals surface area contributed by atoms with Gasteiger partial charge in [0, 0.05) is 29.8 Å². The minimum Gasteiger partial charge on any atom is -0.497 e. The summed E-state index contributed by atoms with van der Waals surface area (Å²) in [5.41, 5.74) is 2.89. The Morgan fingerprint density at radius 2 is 1.97 bits per heavy atom. The first-order valence-corrected chi connectivity index (χ1v) is 9.90. The van der Waals surface area contributed by atoms with Gasteiger partial charge in [0.25, 0.3) is 0 Å². The van der Waals surface area contributed by atoms with Crippen molar-refractivity contribution in [2.75, 3.05) is 20.3 Å². The molecule has 0 fully saturated rings. The van der Waals surface area contributed by atoms with Crippen LogP contribution in [0.3, 0.4) is 0 Å². The van der Waals surface area contributed by atoms with Crippen molar-refractivity contribution >= 4 is 10.9 Å². The summed E-state index contributed by atoms with van der Waals surface area (Å²) >= 11 is 0. The Bertz CT molecular complexity index is 1080. The van der Waals surface area contributed by atoms with E-state index in [2.05, 4.69) is 15.3 Å². The van der Waals surface area contributed by atoms with Crippen LogP contribution in [0.25, 0.3) is 10.9 Å². The number of aliphatic hydroxyl groups is 1. The smallest absolute Gasteiger partial charge is 0.128 e. The number of aromatic nitrogens is 2. The number of nitrogens with one attached hydrogen (secondary N) is 2. The Kier molecular flexibility index (Phi) is 6.27. The summed E-state index contributed by atoms with van der Waals surface area (Å²) in [6.07, 6.45) is 2.96. The SMILES string of the molecule is COc1cccc(C(NCC(O)COc2cccc3[nH]ccc23)c2ccccn2)c1. The van der Waals surface area contributed by atoms with Crippen molar-refractivity contribution < 1.29 is 14.6 Å². The second-order valence-corrected chi connectivity index (χ2v) is 7.03. The lowest BCUT2D eigenvalue weighted by molar-refractivity contribution is 0.105. The molecule has 0 bridgehead atoms. The summed E-state index contributed by atoms with van der Waals surface area (Å²) in [5.74, 6) is 1.53. The normalized spacial score (nSPS) is 13.1. The average molecular weight is 403 g/mol. The molecule has 0 aliphatic heterocycles. The summed E-state index contributed by atoms with van der Waals surface area (Å²) in [6, 6.07) is 21.3. The Balaban J connectivity index is 1.43. The van der Waals surface area contributed by atoms with Gasteiger partial charge in [-0.05, 0) is 48.0 Å². The van der Waals surface area contributed by atoms with E-state index in [-0.39, 0.29) is 12.6 Å². The first-order valence-electron chi connectivity index (χ1n) is 9.90. The van der Waals surface area contributed by atoms with Crippen LogP contribution in [0.2, 0.25) is 0 Å². The predicted molar refractivity (Wildman–Crippen MR) is 117 cm³/mol. The zero-order valence-electron chi connectivity index (χ0n) is 16.8. The maximum absolute atomic E-state index is 10.5. The summed E-state index contributed by atoms with van der Waals surface area (Å²) in [7, 11) is 1.65. The van der Waals surface area contributed by atoms with Crippen LogP contribution in [0.4, 0.5) is 0 Å². The minimum absolute atomic E-state index is 0.177. The van der Waals surface area contributed by atoms with Crippen molar-refractivity contribution in [1.29, 1.82) is 0 Å². The van der Waals surface area contributed by atoms with E-state index >= 15 is 0 Å². The van der Waals surface area contributed by atoms with Crippen LogP contribution in [-0.4, -0.2) is 41.4 Å². The van der Waals surface area contributed by atoms with Crippen LogP contribution in [0.5, 0.6) is 11.5 Å². The van der Waals surface area contributed by atoms with Gasteiger partial charge in [0.15, 0.2) is 0 Å². The maximum atomic E-state index is 10.5. The highest BCUT2D eigenvalue weighted by atomic mass is 16.5. The molecule has 0 aliphatic carbocycles. The molecule has 2 aromatic carbocycles. The number of ether oxygens (including phenoxy) is 2. The van der Waals surface area contributed by atoms with E-state index in [0.29, 0.717) is 6.54 Å². The fourth-order valence-corrected chi connectivity index (χ4v) is 3.44. The summed E-state index contributed by atoms with van der Waals surface area (Å²) in [4.78, 5) is 7.65. The number of fused-ring (bicyclic) bond motifs is 1. The molecular formula is C24H25N3O3. The molecule has 30 heavy (non-hydrogen) atoms.